The normalized spacial score (nSPS) is 11.3. The van der Waals surface area contributed by atoms with Crippen molar-refractivity contribution in [1.29, 1.82) is 0 Å². The average molecular weight is 375 g/mol. The summed E-state index contributed by atoms with van der Waals surface area (Å²) in [5.41, 5.74) is 3.43. The van der Waals surface area contributed by atoms with Gasteiger partial charge in [-0.15, -0.1) is 0 Å². The van der Waals surface area contributed by atoms with E-state index in [1.54, 1.807) is 12.1 Å². The smallest absolute Gasteiger partial charge is 0.170 e. The lowest BCUT2D eigenvalue weighted by Crippen LogP contribution is -1.84. The Morgan fingerprint density at radius 2 is 1.92 bits per heavy atom. The Hall–Kier alpha value is -2.50. The zero-order valence-corrected chi connectivity index (χ0v) is 14.6. The van der Waals surface area contributed by atoms with Crippen molar-refractivity contribution in [2.75, 3.05) is 0 Å². The third kappa shape index (κ3) is 2.56. The molecule has 0 aliphatic heterocycles. The summed E-state index contributed by atoms with van der Waals surface area (Å²) in [6.07, 6.45) is 0. The minimum absolute atomic E-state index is 0.0914. The number of phenolic OH excluding ortho intramolecular Hbond substituents is 2. The van der Waals surface area contributed by atoms with Crippen LogP contribution in [0.1, 0.15) is 5.56 Å². The first-order valence-corrected chi connectivity index (χ1v) is 8.75. The van der Waals surface area contributed by atoms with Crippen LogP contribution in [-0.4, -0.2) is 10.2 Å². The molecule has 0 bridgehead atoms. The van der Waals surface area contributed by atoms with Gasteiger partial charge < -0.3 is 14.6 Å². The predicted molar refractivity (Wildman–Crippen MR) is 98.0 cm³/mol. The van der Waals surface area contributed by atoms with Gasteiger partial charge in [0.1, 0.15) is 17.1 Å². The maximum Gasteiger partial charge on any atom is 0.170 e. The predicted octanol–water partition coefficient (Wildman–Crippen LogP) is 6.34. The van der Waals surface area contributed by atoms with E-state index in [1.165, 1.54) is 23.5 Å². The summed E-state index contributed by atoms with van der Waals surface area (Å²) in [6.45, 7) is 1.83. The van der Waals surface area contributed by atoms with Crippen LogP contribution in [0, 0.1) is 12.7 Å². The molecule has 0 spiro atoms. The fraction of sp³-hybridized carbons (Fsp3) is 0.0526. The van der Waals surface area contributed by atoms with Crippen molar-refractivity contribution in [3.8, 4) is 33.9 Å². The molecule has 4 rings (SSSR count). The van der Waals surface area contributed by atoms with Crippen molar-refractivity contribution in [3.63, 3.8) is 0 Å². The van der Waals surface area contributed by atoms with Gasteiger partial charge in [-0.05, 0) is 59.1 Å². The van der Waals surface area contributed by atoms with E-state index < -0.39 is 11.6 Å². The van der Waals surface area contributed by atoms with Crippen LogP contribution in [0.5, 0.6) is 11.5 Å². The average Bonchev–Trinajstić information content (AvgIpc) is 3.19. The Morgan fingerprint density at radius 1 is 1.12 bits per heavy atom. The van der Waals surface area contributed by atoms with E-state index in [4.69, 9.17) is 16.0 Å². The van der Waals surface area contributed by atoms with Gasteiger partial charge in [-0.3, -0.25) is 0 Å². The van der Waals surface area contributed by atoms with Crippen molar-refractivity contribution in [2.45, 2.75) is 6.92 Å². The Morgan fingerprint density at radius 3 is 2.60 bits per heavy atom. The van der Waals surface area contributed by atoms with Gasteiger partial charge >= 0.3 is 0 Å². The molecule has 3 nitrogen and oxygen atoms in total. The van der Waals surface area contributed by atoms with Crippen molar-refractivity contribution in [2.24, 2.45) is 0 Å². The lowest BCUT2D eigenvalue weighted by molar-refractivity contribution is 0.433. The number of phenols is 2. The number of furan rings is 1. The molecule has 0 aliphatic carbocycles. The van der Waals surface area contributed by atoms with Crippen LogP contribution < -0.4 is 0 Å². The second-order valence-corrected chi connectivity index (χ2v) is 6.93. The first-order valence-electron chi connectivity index (χ1n) is 7.42. The number of hydrogen-bond acceptors (Lipinski definition) is 4. The number of thiophene rings is 1. The van der Waals surface area contributed by atoms with Crippen molar-refractivity contribution in [3.05, 3.63) is 57.5 Å². The Balaban J connectivity index is 2.11. The van der Waals surface area contributed by atoms with Crippen LogP contribution in [-0.2, 0) is 0 Å². The van der Waals surface area contributed by atoms with Gasteiger partial charge in [0.25, 0.3) is 0 Å². The Bertz CT molecular complexity index is 1080. The van der Waals surface area contributed by atoms with E-state index in [0.29, 0.717) is 16.9 Å². The molecule has 0 saturated heterocycles. The van der Waals surface area contributed by atoms with E-state index >= 15 is 0 Å². The molecule has 0 radical (unpaired) electrons. The summed E-state index contributed by atoms with van der Waals surface area (Å²) >= 11 is 7.45. The molecule has 0 atom stereocenters. The minimum Gasteiger partial charge on any atom is -0.508 e. The molecule has 2 aromatic carbocycles. The largest absolute Gasteiger partial charge is 0.508 e. The highest BCUT2D eigenvalue weighted by molar-refractivity contribution is 7.08. The molecule has 0 unspecified atom stereocenters. The molecule has 2 heterocycles. The maximum atomic E-state index is 14.0. The molecule has 126 valence electrons. The first kappa shape index (κ1) is 16.0. The molecule has 4 aromatic rings. The van der Waals surface area contributed by atoms with E-state index in [0.717, 1.165) is 22.1 Å². The van der Waals surface area contributed by atoms with Crippen LogP contribution >= 0.6 is 22.9 Å². The standard InChI is InChI=1S/C19H12ClFO3S/c1-9-4-12(22)7-13-16(10-2-3-25-8-10)19(24-18(9)13)11-5-14(20)17(23)15(21)6-11/h2-8,22-23H,1H3. The van der Waals surface area contributed by atoms with Gasteiger partial charge in [-0.25, -0.2) is 4.39 Å². The Labute approximate surface area is 151 Å². The summed E-state index contributed by atoms with van der Waals surface area (Å²) in [7, 11) is 0. The monoisotopic (exact) mass is 374 g/mol. The number of rotatable bonds is 2. The van der Waals surface area contributed by atoms with Gasteiger partial charge in [0, 0.05) is 16.5 Å². The molecule has 0 saturated carbocycles. The lowest BCUT2D eigenvalue weighted by atomic mass is 9.99. The number of halogens is 2. The SMILES string of the molecule is Cc1cc(O)cc2c(-c3ccsc3)c(-c3cc(F)c(O)c(Cl)c3)oc12. The van der Waals surface area contributed by atoms with Crippen molar-refractivity contribution < 1.29 is 19.0 Å². The van der Waals surface area contributed by atoms with Crippen molar-refractivity contribution >= 4 is 33.9 Å². The fourth-order valence-corrected chi connectivity index (χ4v) is 3.80. The van der Waals surface area contributed by atoms with E-state index in [1.807, 2.05) is 23.8 Å². The molecule has 0 amide bonds. The van der Waals surface area contributed by atoms with E-state index in [-0.39, 0.29) is 10.8 Å². The molecule has 0 fully saturated rings. The highest BCUT2D eigenvalue weighted by Gasteiger charge is 2.22. The molecule has 6 heteroatoms. The molecule has 2 N–H and O–H groups in total. The van der Waals surface area contributed by atoms with E-state index in [2.05, 4.69) is 0 Å². The van der Waals surface area contributed by atoms with Crippen LogP contribution in [0.25, 0.3) is 33.4 Å². The van der Waals surface area contributed by atoms with Gasteiger partial charge in [-0.1, -0.05) is 11.6 Å². The second kappa shape index (κ2) is 5.79. The highest BCUT2D eigenvalue weighted by Crippen LogP contribution is 2.45. The summed E-state index contributed by atoms with van der Waals surface area (Å²) in [5.74, 6) is -0.849. The number of hydrogen-bond donors (Lipinski definition) is 2. The Kier molecular flexibility index (Phi) is 3.71. The zero-order valence-electron chi connectivity index (χ0n) is 13.0. The number of fused-ring (bicyclic) bond motifs is 1. The summed E-state index contributed by atoms with van der Waals surface area (Å²) in [4.78, 5) is 0. The van der Waals surface area contributed by atoms with E-state index in [9.17, 15) is 14.6 Å². The number of aryl methyl sites for hydroxylation is 1. The highest BCUT2D eigenvalue weighted by atomic mass is 35.5. The van der Waals surface area contributed by atoms with Crippen LogP contribution in [0.4, 0.5) is 4.39 Å². The summed E-state index contributed by atoms with van der Waals surface area (Å²) < 4.78 is 20.0. The first-order chi connectivity index (χ1) is 12.0. The number of aromatic hydroxyl groups is 2. The summed E-state index contributed by atoms with van der Waals surface area (Å²) in [6, 6.07) is 7.81. The molecule has 2 aromatic heterocycles. The molecular formula is C19H12ClFO3S. The van der Waals surface area contributed by atoms with Gasteiger partial charge in [-0.2, -0.15) is 11.3 Å². The van der Waals surface area contributed by atoms with Gasteiger partial charge in [0.2, 0.25) is 0 Å². The van der Waals surface area contributed by atoms with Gasteiger partial charge in [0.05, 0.1) is 5.02 Å². The minimum atomic E-state index is -0.821. The van der Waals surface area contributed by atoms with Crippen LogP contribution in [0.3, 0.4) is 0 Å². The molecule has 0 aliphatic rings. The quantitative estimate of drug-likeness (QED) is 0.430. The van der Waals surface area contributed by atoms with Crippen molar-refractivity contribution in [1.82, 2.24) is 0 Å². The maximum absolute atomic E-state index is 14.0. The number of benzene rings is 2. The van der Waals surface area contributed by atoms with Gasteiger partial charge in [0.15, 0.2) is 11.6 Å². The third-order valence-electron chi connectivity index (χ3n) is 4.05. The molecular weight excluding hydrogens is 363 g/mol. The second-order valence-electron chi connectivity index (χ2n) is 5.75. The van der Waals surface area contributed by atoms with Crippen LogP contribution in [0.15, 0.2) is 45.5 Å². The fourth-order valence-electron chi connectivity index (χ4n) is 2.94. The lowest BCUT2D eigenvalue weighted by Gasteiger charge is -2.05. The third-order valence-corrected chi connectivity index (χ3v) is 5.02. The molecule has 25 heavy (non-hydrogen) atoms. The summed E-state index contributed by atoms with van der Waals surface area (Å²) in [5, 5.41) is 24.1. The zero-order chi connectivity index (χ0) is 17.7. The van der Waals surface area contributed by atoms with Crippen LogP contribution in [0.2, 0.25) is 5.02 Å². The topological polar surface area (TPSA) is 53.6 Å².